The van der Waals surface area contributed by atoms with E-state index in [0.717, 1.165) is 11.3 Å². The summed E-state index contributed by atoms with van der Waals surface area (Å²) >= 11 is 6.11. The molecule has 0 amide bonds. The molecule has 1 atom stereocenters. The number of hydrogen-bond donors (Lipinski definition) is 1. The Morgan fingerprint density at radius 2 is 2.05 bits per heavy atom. The first-order valence-corrected chi connectivity index (χ1v) is 8.98. The van der Waals surface area contributed by atoms with Crippen LogP contribution in [0.4, 0.5) is 0 Å². The van der Waals surface area contributed by atoms with Crippen molar-refractivity contribution in [2.24, 2.45) is 0 Å². The molecule has 0 spiro atoms. The molecule has 19 heavy (non-hydrogen) atoms. The summed E-state index contributed by atoms with van der Waals surface area (Å²) in [6.45, 7) is 0. The number of imidazole rings is 1. The summed E-state index contributed by atoms with van der Waals surface area (Å²) in [7, 11) is -3.12. The van der Waals surface area contributed by atoms with Crippen molar-refractivity contribution in [1.82, 2.24) is 9.55 Å². The van der Waals surface area contributed by atoms with E-state index in [0.29, 0.717) is 4.90 Å². The topological polar surface area (TPSA) is 52.0 Å². The maximum atomic E-state index is 11.3. The summed E-state index contributed by atoms with van der Waals surface area (Å²) in [5.41, 5.74) is 1.07. The number of sulfone groups is 1. The van der Waals surface area contributed by atoms with E-state index in [1.807, 2.05) is 22.9 Å². The monoisotopic (exact) mass is 314 g/mol. The first-order chi connectivity index (χ1) is 8.97. The first kappa shape index (κ1) is 14.5. The standard InChI is InChI=1S/C12H14N2O2S3/c1-19(15,16)11-4-2-10(3-5-11)8-18-12(17)14-7-6-13-9-14/h2-7,9,12,17H,8H2,1H3. The van der Waals surface area contributed by atoms with Crippen LogP contribution in [0.2, 0.25) is 0 Å². The number of rotatable bonds is 5. The molecule has 0 fully saturated rings. The van der Waals surface area contributed by atoms with Gasteiger partial charge in [-0.25, -0.2) is 13.4 Å². The number of aromatic nitrogens is 2. The summed E-state index contributed by atoms with van der Waals surface area (Å²) < 4.78 is 24.6. The van der Waals surface area contributed by atoms with Gasteiger partial charge in [0.25, 0.3) is 0 Å². The van der Waals surface area contributed by atoms with Crippen LogP contribution in [0.25, 0.3) is 0 Å². The molecule has 0 N–H and O–H groups in total. The van der Waals surface area contributed by atoms with Crippen molar-refractivity contribution in [2.45, 2.75) is 15.4 Å². The second-order valence-electron chi connectivity index (χ2n) is 4.06. The molecule has 4 nitrogen and oxygen atoms in total. The number of thioether (sulfide) groups is 1. The number of benzene rings is 1. The van der Waals surface area contributed by atoms with Crippen LogP contribution in [0.3, 0.4) is 0 Å². The minimum absolute atomic E-state index is 0.00270. The molecule has 0 aliphatic rings. The smallest absolute Gasteiger partial charge is 0.175 e. The lowest BCUT2D eigenvalue weighted by Gasteiger charge is -2.11. The Morgan fingerprint density at radius 1 is 1.37 bits per heavy atom. The molecule has 1 unspecified atom stereocenters. The molecular formula is C12H14N2O2S3. The van der Waals surface area contributed by atoms with Crippen LogP contribution in [0.1, 0.15) is 10.3 Å². The van der Waals surface area contributed by atoms with E-state index in [-0.39, 0.29) is 4.71 Å². The van der Waals surface area contributed by atoms with Gasteiger partial charge in [0.05, 0.1) is 11.2 Å². The van der Waals surface area contributed by atoms with Gasteiger partial charge in [-0.1, -0.05) is 12.1 Å². The van der Waals surface area contributed by atoms with Crippen LogP contribution in [0.15, 0.2) is 47.9 Å². The number of nitrogens with zero attached hydrogens (tertiary/aromatic N) is 2. The molecule has 0 saturated carbocycles. The molecule has 1 heterocycles. The molecule has 7 heteroatoms. The molecular weight excluding hydrogens is 300 g/mol. The van der Waals surface area contributed by atoms with Crippen LogP contribution in [-0.2, 0) is 15.6 Å². The number of thiol groups is 1. The lowest BCUT2D eigenvalue weighted by molar-refractivity contribution is 0.602. The van der Waals surface area contributed by atoms with Crippen molar-refractivity contribution in [1.29, 1.82) is 0 Å². The normalized spacial score (nSPS) is 13.4. The molecule has 2 rings (SSSR count). The van der Waals surface area contributed by atoms with Crippen molar-refractivity contribution in [3.8, 4) is 0 Å². The lowest BCUT2D eigenvalue weighted by atomic mass is 10.2. The van der Waals surface area contributed by atoms with Crippen LogP contribution < -0.4 is 0 Å². The average molecular weight is 314 g/mol. The zero-order valence-corrected chi connectivity index (χ0v) is 12.8. The fourth-order valence-electron chi connectivity index (χ4n) is 1.49. The van der Waals surface area contributed by atoms with Crippen LogP contribution in [0.5, 0.6) is 0 Å². The Morgan fingerprint density at radius 3 is 2.58 bits per heavy atom. The highest BCUT2D eigenvalue weighted by Gasteiger charge is 2.08. The lowest BCUT2D eigenvalue weighted by Crippen LogP contribution is -1.98. The third kappa shape index (κ3) is 4.02. The van der Waals surface area contributed by atoms with E-state index < -0.39 is 9.84 Å². The van der Waals surface area contributed by atoms with Gasteiger partial charge in [0.15, 0.2) is 9.84 Å². The Hall–Kier alpha value is -0.920. The highest BCUT2D eigenvalue weighted by atomic mass is 32.2. The Bertz CT molecular complexity index is 622. The highest BCUT2D eigenvalue weighted by Crippen LogP contribution is 2.29. The summed E-state index contributed by atoms with van der Waals surface area (Å²) in [4.78, 5) is 4.32. The van der Waals surface area contributed by atoms with Crippen molar-refractivity contribution in [3.63, 3.8) is 0 Å². The Labute approximate surface area is 122 Å². The van der Waals surface area contributed by atoms with Gasteiger partial charge in [-0.2, -0.15) is 0 Å². The van der Waals surface area contributed by atoms with Crippen LogP contribution in [-0.4, -0.2) is 24.2 Å². The molecule has 0 aliphatic carbocycles. The molecule has 0 radical (unpaired) electrons. The second kappa shape index (κ2) is 6.02. The third-order valence-electron chi connectivity index (χ3n) is 2.53. The van der Waals surface area contributed by atoms with Gasteiger partial charge >= 0.3 is 0 Å². The molecule has 2 aromatic rings. The zero-order chi connectivity index (χ0) is 13.9. The van der Waals surface area contributed by atoms with Gasteiger partial charge in [0, 0.05) is 24.4 Å². The van der Waals surface area contributed by atoms with Crippen molar-refractivity contribution >= 4 is 34.2 Å². The molecule has 102 valence electrons. The third-order valence-corrected chi connectivity index (χ3v) is 5.41. The largest absolute Gasteiger partial charge is 0.316 e. The predicted molar refractivity (Wildman–Crippen MR) is 81.1 cm³/mol. The zero-order valence-electron chi connectivity index (χ0n) is 10.3. The van der Waals surface area contributed by atoms with E-state index >= 15 is 0 Å². The second-order valence-corrected chi connectivity index (χ2v) is 7.99. The summed E-state index contributed by atoms with van der Waals surface area (Å²) in [5.74, 6) is 0.760. The first-order valence-electron chi connectivity index (χ1n) is 5.53. The van der Waals surface area contributed by atoms with Gasteiger partial charge in [-0.3, -0.25) is 0 Å². The average Bonchev–Trinajstić information content (AvgIpc) is 2.89. The molecule has 0 aliphatic heterocycles. The summed E-state index contributed by atoms with van der Waals surface area (Å²) in [6, 6.07) is 6.93. The van der Waals surface area contributed by atoms with Crippen LogP contribution in [0, 0.1) is 0 Å². The van der Waals surface area contributed by atoms with E-state index in [4.69, 9.17) is 0 Å². The van der Waals surface area contributed by atoms with Crippen molar-refractivity contribution in [3.05, 3.63) is 48.5 Å². The fraction of sp³-hybridized carbons (Fsp3) is 0.250. The number of hydrogen-bond acceptors (Lipinski definition) is 5. The van der Waals surface area contributed by atoms with Gasteiger partial charge in [0.2, 0.25) is 0 Å². The SMILES string of the molecule is CS(=O)(=O)c1ccc(CSC(S)n2ccnc2)cc1. The maximum absolute atomic E-state index is 11.3. The molecule has 0 bridgehead atoms. The van der Waals surface area contributed by atoms with Crippen LogP contribution >= 0.6 is 24.4 Å². The summed E-state index contributed by atoms with van der Waals surface area (Å²) in [5, 5.41) is 0. The van der Waals surface area contributed by atoms with Gasteiger partial charge in [-0.15, -0.1) is 24.4 Å². The maximum Gasteiger partial charge on any atom is 0.175 e. The quantitative estimate of drug-likeness (QED) is 0.681. The van der Waals surface area contributed by atoms with E-state index in [9.17, 15) is 8.42 Å². The van der Waals surface area contributed by atoms with E-state index in [1.165, 1.54) is 6.26 Å². The minimum Gasteiger partial charge on any atom is -0.316 e. The van der Waals surface area contributed by atoms with E-state index in [2.05, 4.69) is 17.6 Å². The Kier molecular flexibility index (Phi) is 4.59. The molecule has 1 aromatic carbocycles. The summed E-state index contributed by atoms with van der Waals surface area (Å²) in [6.07, 6.45) is 6.50. The van der Waals surface area contributed by atoms with Gasteiger partial charge in [-0.05, 0) is 17.7 Å². The van der Waals surface area contributed by atoms with Crippen molar-refractivity contribution < 1.29 is 8.42 Å². The van der Waals surface area contributed by atoms with E-state index in [1.54, 1.807) is 36.4 Å². The van der Waals surface area contributed by atoms with Gasteiger partial charge < -0.3 is 4.57 Å². The Balaban J connectivity index is 1.97. The highest BCUT2D eigenvalue weighted by molar-refractivity contribution is 8.08. The molecule has 1 aromatic heterocycles. The minimum atomic E-state index is -3.12. The van der Waals surface area contributed by atoms with Crippen molar-refractivity contribution in [2.75, 3.05) is 6.26 Å². The molecule has 0 saturated heterocycles. The van der Waals surface area contributed by atoms with Gasteiger partial charge in [0.1, 0.15) is 4.71 Å². The predicted octanol–water partition coefficient (Wildman–Crippen LogP) is 2.61. The fourth-order valence-corrected chi connectivity index (χ4v) is 3.31.